The molecule has 0 spiro atoms. The molecule has 2 aliphatic heterocycles. The van der Waals surface area contributed by atoms with E-state index in [0.717, 1.165) is 0 Å². The van der Waals surface area contributed by atoms with Gasteiger partial charge in [-0.3, -0.25) is 0 Å². The molecule has 258 valence electrons. The van der Waals surface area contributed by atoms with Crippen LogP contribution in [-0.4, -0.2) is 122 Å². The minimum absolute atomic E-state index is 0.0895. The van der Waals surface area contributed by atoms with E-state index in [2.05, 4.69) is 0 Å². The Morgan fingerprint density at radius 3 is 1.79 bits per heavy atom. The molecule has 3 aromatic carbocycles. The van der Waals surface area contributed by atoms with Gasteiger partial charge in [0.1, 0.15) is 79.1 Å². The van der Waals surface area contributed by atoms with Crippen molar-refractivity contribution in [3.63, 3.8) is 0 Å². The third kappa shape index (κ3) is 7.92. The van der Waals surface area contributed by atoms with E-state index in [1.807, 2.05) is 0 Å². The highest BCUT2D eigenvalue weighted by molar-refractivity contribution is 5.92. The average molecular weight is 673 g/mol. The van der Waals surface area contributed by atoms with E-state index in [1.165, 1.54) is 42.5 Å². The molecule has 15 nitrogen and oxygen atoms in total. The number of hydrogen-bond acceptors (Lipinski definition) is 15. The summed E-state index contributed by atoms with van der Waals surface area (Å²) in [6.07, 6.45) is -15.5. The summed E-state index contributed by atoms with van der Waals surface area (Å²) in [6, 6.07) is 20.2. The van der Waals surface area contributed by atoms with Crippen LogP contribution in [0.5, 0.6) is 11.5 Å². The highest BCUT2D eigenvalue weighted by Crippen LogP contribution is 2.30. The van der Waals surface area contributed by atoms with Gasteiger partial charge in [-0.25, -0.2) is 9.59 Å². The molecule has 0 amide bonds. The second-order valence-electron chi connectivity index (χ2n) is 11.1. The van der Waals surface area contributed by atoms with Gasteiger partial charge in [-0.1, -0.05) is 48.5 Å². The zero-order valence-electron chi connectivity index (χ0n) is 25.3. The standard InChI is InChI=1S/C33H36O15/c34-14-22-24(35)26(37)28(39)32(47-22)45-20-12-6-4-10-18(20)15-43-31(42)19-11-5-7-13-21(19)46-33-29(40)27(38)25(36)23(48-33)16-44-30(41)17-8-2-1-3-9-17/h1-13,22-29,32-40H,14-16H2/t22-,23-,24-,25-,26+,27+,28-,29-,32-,33-/m1/s1. The van der Waals surface area contributed by atoms with Crippen LogP contribution in [-0.2, 0) is 25.6 Å². The van der Waals surface area contributed by atoms with Gasteiger partial charge in [-0.15, -0.1) is 0 Å². The van der Waals surface area contributed by atoms with Crippen LogP contribution in [0.25, 0.3) is 0 Å². The van der Waals surface area contributed by atoms with Gasteiger partial charge >= 0.3 is 11.9 Å². The molecule has 0 radical (unpaired) electrons. The minimum Gasteiger partial charge on any atom is -0.462 e. The maximum Gasteiger partial charge on any atom is 0.342 e. The van der Waals surface area contributed by atoms with Gasteiger partial charge in [-0.2, -0.15) is 0 Å². The van der Waals surface area contributed by atoms with Crippen molar-refractivity contribution in [2.75, 3.05) is 13.2 Å². The Bertz CT molecular complexity index is 1520. The minimum atomic E-state index is -1.75. The lowest BCUT2D eigenvalue weighted by molar-refractivity contribution is -0.277. The van der Waals surface area contributed by atoms with Gasteiger partial charge in [0.25, 0.3) is 0 Å². The van der Waals surface area contributed by atoms with Crippen LogP contribution >= 0.6 is 0 Å². The monoisotopic (exact) mass is 672 g/mol. The second-order valence-corrected chi connectivity index (χ2v) is 11.1. The Labute approximate surface area is 274 Å². The van der Waals surface area contributed by atoms with Gasteiger partial charge in [0.15, 0.2) is 0 Å². The molecule has 2 aliphatic rings. The zero-order valence-corrected chi connectivity index (χ0v) is 25.3. The smallest absolute Gasteiger partial charge is 0.342 e. The van der Waals surface area contributed by atoms with Gasteiger partial charge < -0.3 is 64.2 Å². The van der Waals surface area contributed by atoms with Crippen molar-refractivity contribution in [3.05, 3.63) is 95.6 Å². The first-order chi connectivity index (χ1) is 23.1. The fourth-order valence-corrected chi connectivity index (χ4v) is 5.08. The molecule has 48 heavy (non-hydrogen) atoms. The van der Waals surface area contributed by atoms with E-state index in [4.69, 9.17) is 28.4 Å². The number of benzene rings is 3. The molecule has 3 aromatic rings. The number of aliphatic hydroxyl groups is 7. The van der Waals surface area contributed by atoms with E-state index in [1.54, 1.807) is 36.4 Å². The molecule has 2 heterocycles. The maximum atomic E-state index is 13.2. The number of hydrogen-bond donors (Lipinski definition) is 7. The summed E-state index contributed by atoms with van der Waals surface area (Å²) in [5.74, 6) is -1.55. The summed E-state index contributed by atoms with van der Waals surface area (Å²) in [6.45, 7) is -1.47. The van der Waals surface area contributed by atoms with Gasteiger partial charge in [0, 0.05) is 5.56 Å². The van der Waals surface area contributed by atoms with E-state index in [9.17, 15) is 45.3 Å². The van der Waals surface area contributed by atoms with Crippen molar-refractivity contribution in [2.24, 2.45) is 0 Å². The Morgan fingerprint density at radius 2 is 1.12 bits per heavy atom. The van der Waals surface area contributed by atoms with Crippen molar-refractivity contribution in [2.45, 2.75) is 68.0 Å². The van der Waals surface area contributed by atoms with Gasteiger partial charge in [-0.05, 0) is 30.3 Å². The Hall–Kier alpha value is -4.16. The van der Waals surface area contributed by atoms with Crippen molar-refractivity contribution in [1.29, 1.82) is 0 Å². The third-order valence-corrected chi connectivity index (χ3v) is 7.83. The molecular weight excluding hydrogens is 636 g/mol. The molecule has 10 atom stereocenters. The van der Waals surface area contributed by atoms with Gasteiger partial charge in [0.2, 0.25) is 12.6 Å². The van der Waals surface area contributed by atoms with Crippen LogP contribution in [0.4, 0.5) is 0 Å². The third-order valence-electron chi connectivity index (χ3n) is 7.83. The summed E-state index contributed by atoms with van der Waals surface area (Å²) < 4.78 is 33.3. The SMILES string of the molecule is O=C(OC[C@H]1O[C@@H](Oc2ccccc2C(=O)OCc2ccccc2O[C@@H]2O[C@H](CO)[C@@H](O)[C@H](O)[C@H]2O)[C@H](O)[C@@H](O)[C@@H]1O)c1ccccc1. The summed E-state index contributed by atoms with van der Waals surface area (Å²) in [5, 5.41) is 71.5. The predicted octanol–water partition coefficient (Wildman–Crippen LogP) is -0.734. The summed E-state index contributed by atoms with van der Waals surface area (Å²) in [7, 11) is 0. The molecule has 0 bridgehead atoms. The largest absolute Gasteiger partial charge is 0.462 e. The summed E-state index contributed by atoms with van der Waals surface area (Å²) >= 11 is 0. The summed E-state index contributed by atoms with van der Waals surface area (Å²) in [5.41, 5.74) is 0.497. The van der Waals surface area contributed by atoms with Crippen LogP contribution in [0, 0.1) is 0 Å². The number of para-hydroxylation sites is 2. The molecule has 0 saturated carbocycles. The lowest BCUT2D eigenvalue weighted by Gasteiger charge is -2.40. The number of aliphatic hydroxyl groups excluding tert-OH is 7. The number of rotatable bonds is 11. The molecule has 0 aromatic heterocycles. The van der Waals surface area contributed by atoms with E-state index in [0.29, 0.717) is 5.56 Å². The zero-order chi connectivity index (χ0) is 34.4. The Morgan fingerprint density at radius 1 is 0.583 bits per heavy atom. The Balaban J connectivity index is 1.23. The molecule has 5 rings (SSSR count). The van der Waals surface area contributed by atoms with Crippen LogP contribution in [0.15, 0.2) is 78.9 Å². The van der Waals surface area contributed by atoms with Crippen LogP contribution < -0.4 is 9.47 Å². The average Bonchev–Trinajstić information content (AvgIpc) is 3.11. The predicted molar refractivity (Wildman–Crippen MR) is 160 cm³/mol. The normalized spacial score (nSPS) is 30.2. The fraction of sp³-hybridized carbons (Fsp3) is 0.394. The first-order valence-corrected chi connectivity index (χ1v) is 15.0. The van der Waals surface area contributed by atoms with Crippen molar-refractivity contribution < 1.29 is 73.8 Å². The molecule has 15 heteroatoms. The van der Waals surface area contributed by atoms with Crippen molar-refractivity contribution in [1.82, 2.24) is 0 Å². The van der Waals surface area contributed by atoms with Crippen LogP contribution in [0.2, 0.25) is 0 Å². The van der Waals surface area contributed by atoms with Crippen LogP contribution in [0.3, 0.4) is 0 Å². The highest BCUT2D eigenvalue weighted by Gasteiger charge is 2.46. The van der Waals surface area contributed by atoms with Crippen molar-refractivity contribution >= 4 is 11.9 Å². The van der Waals surface area contributed by atoms with Crippen LogP contribution in [0.1, 0.15) is 26.3 Å². The lowest BCUT2D eigenvalue weighted by Crippen LogP contribution is -2.60. The molecule has 0 unspecified atom stereocenters. The maximum absolute atomic E-state index is 13.2. The first-order valence-electron chi connectivity index (χ1n) is 15.0. The first kappa shape index (κ1) is 35.2. The number of ether oxygens (including phenoxy) is 6. The highest BCUT2D eigenvalue weighted by atomic mass is 16.7. The second kappa shape index (κ2) is 15.8. The Kier molecular flexibility index (Phi) is 11.6. The molecular formula is C33H36O15. The fourth-order valence-electron chi connectivity index (χ4n) is 5.08. The van der Waals surface area contributed by atoms with E-state index in [-0.39, 0.29) is 29.2 Å². The van der Waals surface area contributed by atoms with E-state index < -0.39 is 86.6 Å². The van der Waals surface area contributed by atoms with Crippen molar-refractivity contribution in [3.8, 4) is 11.5 Å². The number of esters is 2. The quantitative estimate of drug-likeness (QED) is 0.124. The molecule has 2 fully saturated rings. The number of carbonyl (C=O) groups excluding carboxylic acids is 2. The molecule has 2 saturated heterocycles. The summed E-state index contributed by atoms with van der Waals surface area (Å²) in [4.78, 5) is 25.6. The lowest BCUT2D eigenvalue weighted by atomic mass is 9.99. The number of carbonyl (C=O) groups is 2. The van der Waals surface area contributed by atoms with E-state index >= 15 is 0 Å². The molecule has 7 N–H and O–H groups in total. The molecule has 0 aliphatic carbocycles. The van der Waals surface area contributed by atoms with Gasteiger partial charge in [0.05, 0.1) is 12.2 Å². The topological polar surface area (TPSA) is 231 Å².